The summed E-state index contributed by atoms with van der Waals surface area (Å²) in [6.07, 6.45) is 0.268. The van der Waals surface area contributed by atoms with Gasteiger partial charge in [-0.05, 0) is 13.8 Å². The van der Waals surface area contributed by atoms with Gasteiger partial charge in [0.25, 0.3) is 0 Å². The number of halogens is 3. The third-order valence-electron chi connectivity index (χ3n) is 1.34. The number of hydrogen-bond acceptors (Lipinski definition) is 2. The summed E-state index contributed by atoms with van der Waals surface area (Å²) in [4.78, 5) is 10.9. The number of alkyl halides is 3. The summed E-state index contributed by atoms with van der Waals surface area (Å²) in [5, 5.41) is 0. The Morgan fingerprint density at radius 1 is 1.33 bits per heavy atom. The molecule has 0 bridgehead atoms. The molecular formula is C7H11Cl3O2. The van der Waals surface area contributed by atoms with E-state index in [1.807, 2.05) is 0 Å². The number of esters is 1. The lowest BCUT2D eigenvalue weighted by Gasteiger charge is -2.31. The Morgan fingerprint density at radius 3 is 2.00 bits per heavy atom. The molecule has 0 saturated carbocycles. The van der Waals surface area contributed by atoms with E-state index in [1.54, 1.807) is 20.8 Å². The molecule has 0 unspecified atom stereocenters. The SMILES string of the molecule is CCC(=O)OC(C)(C)C(Cl)(Cl)Cl. The maximum absolute atomic E-state index is 10.9. The first-order chi connectivity index (χ1) is 5.20. The third kappa shape index (κ3) is 3.38. The molecule has 72 valence electrons. The highest BCUT2D eigenvalue weighted by molar-refractivity contribution is 6.68. The molecule has 0 saturated heterocycles. The molecule has 0 fully saturated rings. The van der Waals surface area contributed by atoms with E-state index in [1.165, 1.54) is 0 Å². The van der Waals surface area contributed by atoms with Crippen LogP contribution < -0.4 is 0 Å². The van der Waals surface area contributed by atoms with Gasteiger partial charge in [-0.3, -0.25) is 4.79 Å². The molecule has 0 aliphatic carbocycles. The van der Waals surface area contributed by atoms with Crippen molar-refractivity contribution < 1.29 is 9.53 Å². The molecule has 5 heteroatoms. The summed E-state index contributed by atoms with van der Waals surface area (Å²) < 4.78 is 3.32. The van der Waals surface area contributed by atoms with E-state index < -0.39 is 9.39 Å². The van der Waals surface area contributed by atoms with E-state index in [-0.39, 0.29) is 12.4 Å². The van der Waals surface area contributed by atoms with Crippen LogP contribution in [0, 0.1) is 0 Å². The van der Waals surface area contributed by atoms with Crippen LogP contribution in [0.3, 0.4) is 0 Å². The lowest BCUT2D eigenvalue weighted by molar-refractivity contribution is -0.155. The van der Waals surface area contributed by atoms with E-state index in [4.69, 9.17) is 39.5 Å². The van der Waals surface area contributed by atoms with Crippen LogP contribution in [0.2, 0.25) is 0 Å². The molecule has 0 amide bonds. The molecular weight excluding hydrogens is 222 g/mol. The summed E-state index contributed by atoms with van der Waals surface area (Å²) in [5.74, 6) is -0.383. The number of ether oxygens (including phenoxy) is 1. The second kappa shape index (κ2) is 4.03. The van der Waals surface area contributed by atoms with Crippen molar-refractivity contribution in [2.75, 3.05) is 0 Å². The van der Waals surface area contributed by atoms with Gasteiger partial charge in [-0.25, -0.2) is 0 Å². The van der Waals surface area contributed by atoms with Gasteiger partial charge in [0.1, 0.15) is 0 Å². The average Bonchev–Trinajstić information content (AvgIpc) is 1.84. The van der Waals surface area contributed by atoms with Crippen molar-refractivity contribution in [1.29, 1.82) is 0 Å². The van der Waals surface area contributed by atoms with Gasteiger partial charge in [0, 0.05) is 6.42 Å². The highest BCUT2D eigenvalue weighted by Crippen LogP contribution is 2.40. The quantitative estimate of drug-likeness (QED) is 0.541. The molecule has 0 aromatic rings. The minimum absolute atomic E-state index is 0.268. The largest absolute Gasteiger partial charge is 0.455 e. The van der Waals surface area contributed by atoms with Gasteiger partial charge in [0.15, 0.2) is 5.60 Å². The first-order valence-corrected chi connectivity index (χ1v) is 4.62. The fourth-order valence-electron chi connectivity index (χ4n) is 0.415. The Kier molecular flexibility index (Phi) is 4.15. The molecule has 0 N–H and O–H groups in total. The van der Waals surface area contributed by atoms with Crippen LogP contribution in [0.5, 0.6) is 0 Å². The van der Waals surface area contributed by atoms with Gasteiger partial charge in [-0.2, -0.15) is 0 Å². The molecule has 0 aromatic carbocycles. The topological polar surface area (TPSA) is 26.3 Å². The second-order valence-corrected chi connectivity index (χ2v) is 5.12. The molecule has 2 nitrogen and oxygen atoms in total. The fourth-order valence-corrected chi connectivity index (χ4v) is 0.530. The summed E-state index contributed by atoms with van der Waals surface area (Å²) >= 11 is 16.7. The van der Waals surface area contributed by atoms with Gasteiger partial charge in [-0.1, -0.05) is 41.7 Å². The van der Waals surface area contributed by atoms with Crippen molar-refractivity contribution in [1.82, 2.24) is 0 Å². The predicted molar refractivity (Wildman–Crippen MR) is 50.8 cm³/mol. The summed E-state index contributed by atoms with van der Waals surface area (Å²) in [5.41, 5.74) is -1.09. The minimum Gasteiger partial charge on any atom is -0.455 e. The van der Waals surface area contributed by atoms with E-state index >= 15 is 0 Å². The maximum atomic E-state index is 10.9. The van der Waals surface area contributed by atoms with Crippen molar-refractivity contribution in [2.45, 2.75) is 36.6 Å². The highest BCUT2D eigenvalue weighted by Gasteiger charge is 2.43. The number of carbonyl (C=O) groups is 1. The second-order valence-electron chi connectivity index (χ2n) is 2.84. The average molecular weight is 234 g/mol. The Labute approximate surface area is 87.1 Å². The Morgan fingerprint density at radius 2 is 1.75 bits per heavy atom. The Balaban J connectivity index is 4.33. The van der Waals surface area contributed by atoms with Crippen LogP contribution in [0.4, 0.5) is 0 Å². The fraction of sp³-hybridized carbons (Fsp3) is 0.857. The standard InChI is InChI=1S/C7H11Cl3O2/c1-4-5(11)12-6(2,3)7(8,9)10/h4H2,1-3H3. The van der Waals surface area contributed by atoms with Gasteiger partial charge in [0.05, 0.1) is 0 Å². The zero-order valence-corrected chi connectivity index (χ0v) is 9.43. The van der Waals surface area contributed by atoms with Crippen LogP contribution in [0.1, 0.15) is 27.2 Å². The van der Waals surface area contributed by atoms with Crippen LogP contribution in [0.15, 0.2) is 0 Å². The Hall–Kier alpha value is 0.340. The smallest absolute Gasteiger partial charge is 0.306 e. The van der Waals surface area contributed by atoms with E-state index in [9.17, 15) is 4.79 Å². The lowest BCUT2D eigenvalue weighted by atomic mass is 10.2. The molecule has 0 atom stereocenters. The van der Waals surface area contributed by atoms with Gasteiger partial charge >= 0.3 is 5.97 Å². The number of carbonyl (C=O) groups excluding carboxylic acids is 1. The molecule has 0 aliphatic rings. The van der Waals surface area contributed by atoms with Crippen LogP contribution in [-0.4, -0.2) is 15.4 Å². The zero-order chi connectivity index (χ0) is 9.99. The molecule has 0 rings (SSSR count). The van der Waals surface area contributed by atoms with Gasteiger partial charge in [0.2, 0.25) is 3.79 Å². The van der Waals surface area contributed by atoms with Gasteiger partial charge < -0.3 is 4.74 Å². The van der Waals surface area contributed by atoms with Crippen LogP contribution in [0.25, 0.3) is 0 Å². The lowest BCUT2D eigenvalue weighted by Crippen LogP contribution is -2.41. The summed E-state index contributed by atoms with van der Waals surface area (Å²) in [7, 11) is 0. The molecule has 0 aromatic heterocycles. The first kappa shape index (κ1) is 12.3. The molecule has 0 spiro atoms. The van der Waals surface area contributed by atoms with Crippen molar-refractivity contribution in [3.05, 3.63) is 0 Å². The molecule has 0 radical (unpaired) electrons. The van der Waals surface area contributed by atoms with E-state index in [0.717, 1.165) is 0 Å². The minimum atomic E-state index is -1.60. The first-order valence-electron chi connectivity index (χ1n) is 3.49. The summed E-state index contributed by atoms with van der Waals surface area (Å²) in [6.45, 7) is 4.78. The number of rotatable bonds is 2. The van der Waals surface area contributed by atoms with Crippen molar-refractivity contribution in [3.63, 3.8) is 0 Å². The van der Waals surface area contributed by atoms with Crippen LogP contribution in [-0.2, 0) is 9.53 Å². The van der Waals surface area contributed by atoms with Crippen LogP contribution >= 0.6 is 34.8 Å². The highest BCUT2D eigenvalue weighted by atomic mass is 35.6. The molecule has 0 heterocycles. The van der Waals surface area contributed by atoms with E-state index in [2.05, 4.69) is 0 Å². The van der Waals surface area contributed by atoms with E-state index in [0.29, 0.717) is 0 Å². The monoisotopic (exact) mass is 232 g/mol. The van der Waals surface area contributed by atoms with Crippen molar-refractivity contribution in [2.24, 2.45) is 0 Å². The Bertz CT molecular complexity index is 172. The predicted octanol–water partition coefficient (Wildman–Crippen LogP) is 3.09. The number of hydrogen-bond donors (Lipinski definition) is 0. The van der Waals surface area contributed by atoms with Crippen molar-refractivity contribution in [3.8, 4) is 0 Å². The zero-order valence-electron chi connectivity index (χ0n) is 7.16. The molecule has 0 aliphatic heterocycles. The van der Waals surface area contributed by atoms with Gasteiger partial charge in [-0.15, -0.1) is 0 Å². The normalized spacial score (nSPS) is 12.8. The summed E-state index contributed by atoms with van der Waals surface area (Å²) in [6, 6.07) is 0. The molecule has 12 heavy (non-hydrogen) atoms. The van der Waals surface area contributed by atoms with Crippen molar-refractivity contribution >= 4 is 40.8 Å². The maximum Gasteiger partial charge on any atom is 0.306 e. The third-order valence-corrected chi connectivity index (χ3v) is 2.71.